The van der Waals surface area contributed by atoms with Gasteiger partial charge in [0.25, 0.3) is 5.89 Å². The molecule has 136 valence electrons. The summed E-state index contributed by atoms with van der Waals surface area (Å²) in [6.45, 7) is 4.24. The molecule has 3 rings (SSSR count). The second kappa shape index (κ2) is 7.53. The molecule has 7 nitrogen and oxygen atoms in total. The standard InChI is InChI=1S/C17H23N3O4S/c1-3-16-18-17(24-19-16)14-11-13(9-10-15(14)23-4-2)25(21,22)20-12-7-5-6-8-12/h9-12,20H,3-8H2,1-2H3. The van der Waals surface area contributed by atoms with Gasteiger partial charge in [0.1, 0.15) is 5.75 Å². The first-order valence-electron chi connectivity index (χ1n) is 8.65. The fraction of sp³-hybridized carbons (Fsp3) is 0.529. The summed E-state index contributed by atoms with van der Waals surface area (Å²) in [5.74, 6) is 1.35. The maximum absolute atomic E-state index is 12.7. The van der Waals surface area contributed by atoms with Crippen LogP contribution in [0.2, 0.25) is 0 Å². The van der Waals surface area contributed by atoms with E-state index in [4.69, 9.17) is 9.26 Å². The van der Waals surface area contributed by atoms with Crippen molar-refractivity contribution in [2.24, 2.45) is 0 Å². The van der Waals surface area contributed by atoms with Gasteiger partial charge in [0, 0.05) is 12.5 Å². The van der Waals surface area contributed by atoms with Crippen molar-refractivity contribution >= 4 is 10.0 Å². The Kier molecular flexibility index (Phi) is 5.39. The number of aryl methyl sites for hydroxylation is 1. The molecule has 0 bridgehead atoms. The van der Waals surface area contributed by atoms with E-state index >= 15 is 0 Å². The van der Waals surface area contributed by atoms with Crippen LogP contribution in [0, 0.1) is 0 Å². The van der Waals surface area contributed by atoms with Gasteiger partial charge in [-0.2, -0.15) is 4.98 Å². The van der Waals surface area contributed by atoms with E-state index in [1.54, 1.807) is 12.1 Å². The van der Waals surface area contributed by atoms with Crippen molar-refractivity contribution in [1.29, 1.82) is 0 Å². The molecule has 1 N–H and O–H groups in total. The predicted octanol–water partition coefficient (Wildman–Crippen LogP) is 2.92. The molecule has 0 radical (unpaired) electrons. The Bertz CT molecular complexity index is 826. The summed E-state index contributed by atoms with van der Waals surface area (Å²) < 4.78 is 39.0. The lowest BCUT2D eigenvalue weighted by molar-refractivity contribution is 0.339. The lowest BCUT2D eigenvalue weighted by atomic mass is 10.2. The Morgan fingerprint density at radius 1 is 1.28 bits per heavy atom. The van der Waals surface area contributed by atoms with Crippen molar-refractivity contribution in [3.63, 3.8) is 0 Å². The Morgan fingerprint density at radius 3 is 2.68 bits per heavy atom. The van der Waals surface area contributed by atoms with Gasteiger partial charge in [-0.05, 0) is 38.0 Å². The van der Waals surface area contributed by atoms with E-state index in [-0.39, 0.29) is 16.8 Å². The lowest BCUT2D eigenvalue weighted by Crippen LogP contribution is -2.32. The van der Waals surface area contributed by atoms with E-state index in [0.717, 1.165) is 25.7 Å². The van der Waals surface area contributed by atoms with Crippen molar-refractivity contribution in [1.82, 2.24) is 14.9 Å². The van der Waals surface area contributed by atoms with Crippen LogP contribution >= 0.6 is 0 Å². The minimum absolute atomic E-state index is 0.00937. The summed E-state index contributed by atoms with van der Waals surface area (Å²) in [6, 6.07) is 4.73. The third-order valence-electron chi connectivity index (χ3n) is 4.25. The number of hydrogen-bond acceptors (Lipinski definition) is 6. The second-order valence-electron chi connectivity index (χ2n) is 6.06. The second-order valence-corrected chi connectivity index (χ2v) is 7.78. The number of nitrogens with one attached hydrogen (secondary N) is 1. The number of sulfonamides is 1. The Balaban J connectivity index is 1.96. The highest BCUT2D eigenvalue weighted by Crippen LogP contribution is 2.32. The van der Waals surface area contributed by atoms with Crippen LogP contribution in [0.25, 0.3) is 11.5 Å². The maximum Gasteiger partial charge on any atom is 0.261 e. The van der Waals surface area contributed by atoms with Gasteiger partial charge in [-0.1, -0.05) is 24.9 Å². The van der Waals surface area contributed by atoms with E-state index in [0.29, 0.717) is 30.2 Å². The highest BCUT2D eigenvalue weighted by atomic mass is 32.2. The molecule has 1 fully saturated rings. The first-order valence-corrected chi connectivity index (χ1v) is 10.1. The molecule has 2 aromatic rings. The summed E-state index contributed by atoms with van der Waals surface area (Å²) in [6.07, 6.45) is 4.51. The molecule has 0 aliphatic heterocycles. The molecule has 8 heteroatoms. The third-order valence-corrected chi connectivity index (χ3v) is 5.77. The van der Waals surface area contributed by atoms with Crippen LogP contribution in [-0.2, 0) is 16.4 Å². The van der Waals surface area contributed by atoms with Crippen molar-refractivity contribution < 1.29 is 17.7 Å². The minimum Gasteiger partial charge on any atom is -0.493 e. The van der Waals surface area contributed by atoms with Crippen molar-refractivity contribution in [2.75, 3.05) is 6.61 Å². The lowest BCUT2D eigenvalue weighted by Gasteiger charge is -2.14. The topological polar surface area (TPSA) is 94.3 Å². The summed E-state index contributed by atoms with van der Waals surface area (Å²) in [5, 5.41) is 3.88. The Morgan fingerprint density at radius 2 is 2.04 bits per heavy atom. The van der Waals surface area contributed by atoms with Gasteiger partial charge in [-0.15, -0.1) is 0 Å². The van der Waals surface area contributed by atoms with E-state index in [9.17, 15) is 8.42 Å². The molecule has 1 aromatic carbocycles. The molecule has 1 aliphatic rings. The molecule has 1 heterocycles. The number of nitrogens with zero attached hydrogens (tertiary/aromatic N) is 2. The minimum atomic E-state index is -3.60. The van der Waals surface area contributed by atoms with Gasteiger partial charge in [-0.3, -0.25) is 0 Å². The molecule has 0 unspecified atom stereocenters. The van der Waals surface area contributed by atoms with Gasteiger partial charge in [0.2, 0.25) is 10.0 Å². The summed E-state index contributed by atoms with van der Waals surface area (Å²) in [4.78, 5) is 4.47. The van der Waals surface area contributed by atoms with Crippen molar-refractivity contribution in [3.05, 3.63) is 24.0 Å². The zero-order valence-electron chi connectivity index (χ0n) is 14.5. The number of benzene rings is 1. The van der Waals surface area contributed by atoms with Gasteiger partial charge < -0.3 is 9.26 Å². The molecule has 1 aliphatic carbocycles. The molecular formula is C17H23N3O4S. The fourth-order valence-corrected chi connectivity index (χ4v) is 4.29. The molecule has 0 spiro atoms. The molecule has 0 atom stereocenters. The average Bonchev–Trinajstić information content (AvgIpc) is 3.26. The van der Waals surface area contributed by atoms with Crippen LogP contribution in [0.4, 0.5) is 0 Å². The summed E-state index contributed by atoms with van der Waals surface area (Å²) in [5.41, 5.74) is 0.489. The van der Waals surface area contributed by atoms with E-state index < -0.39 is 10.0 Å². The summed E-state index contributed by atoms with van der Waals surface area (Å²) >= 11 is 0. The molecule has 25 heavy (non-hydrogen) atoms. The molecule has 0 amide bonds. The largest absolute Gasteiger partial charge is 0.493 e. The molecule has 0 saturated heterocycles. The molecule has 1 aromatic heterocycles. The number of aromatic nitrogens is 2. The van der Waals surface area contributed by atoms with Gasteiger partial charge in [0.15, 0.2) is 5.82 Å². The SMILES string of the molecule is CCOc1ccc(S(=O)(=O)NC2CCCC2)cc1-c1nc(CC)no1. The van der Waals surface area contributed by atoms with Gasteiger partial charge in [-0.25, -0.2) is 13.1 Å². The third kappa shape index (κ3) is 4.01. The normalized spacial score (nSPS) is 15.6. The summed E-state index contributed by atoms with van der Waals surface area (Å²) in [7, 11) is -3.60. The van der Waals surface area contributed by atoms with E-state index in [1.165, 1.54) is 6.07 Å². The van der Waals surface area contributed by atoms with Crippen LogP contribution < -0.4 is 9.46 Å². The van der Waals surface area contributed by atoms with E-state index in [2.05, 4.69) is 14.9 Å². The average molecular weight is 365 g/mol. The van der Waals surface area contributed by atoms with E-state index in [1.807, 2.05) is 13.8 Å². The van der Waals surface area contributed by atoms with Crippen molar-refractivity contribution in [2.45, 2.75) is 56.9 Å². The van der Waals surface area contributed by atoms with Crippen LogP contribution in [0.3, 0.4) is 0 Å². The highest BCUT2D eigenvalue weighted by molar-refractivity contribution is 7.89. The van der Waals surface area contributed by atoms with Gasteiger partial charge >= 0.3 is 0 Å². The van der Waals surface area contributed by atoms with Crippen LogP contribution in [0.1, 0.15) is 45.4 Å². The fourth-order valence-electron chi connectivity index (χ4n) is 2.96. The Labute approximate surface area is 147 Å². The molecule has 1 saturated carbocycles. The monoisotopic (exact) mass is 365 g/mol. The first-order chi connectivity index (χ1) is 12.0. The quantitative estimate of drug-likeness (QED) is 0.811. The van der Waals surface area contributed by atoms with Crippen LogP contribution in [0.5, 0.6) is 5.75 Å². The number of ether oxygens (including phenoxy) is 1. The molecular weight excluding hydrogens is 342 g/mol. The predicted molar refractivity (Wildman–Crippen MR) is 92.9 cm³/mol. The van der Waals surface area contributed by atoms with Crippen LogP contribution in [-0.4, -0.2) is 31.2 Å². The zero-order chi connectivity index (χ0) is 17.9. The number of hydrogen-bond donors (Lipinski definition) is 1. The van der Waals surface area contributed by atoms with Gasteiger partial charge in [0.05, 0.1) is 17.1 Å². The first kappa shape index (κ1) is 17.9. The Hall–Kier alpha value is -1.93. The van der Waals surface area contributed by atoms with Crippen molar-refractivity contribution in [3.8, 4) is 17.2 Å². The number of rotatable bonds is 7. The zero-order valence-corrected chi connectivity index (χ0v) is 15.3. The smallest absolute Gasteiger partial charge is 0.261 e. The maximum atomic E-state index is 12.7. The van der Waals surface area contributed by atoms with Crippen LogP contribution in [0.15, 0.2) is 27.6 Å². The highest BCUT2D eigenvalue weighted by Gasteiger charge is 2.25.